The number of nitrogens with two attached hydrogens (primary N) is 1. The highest BCUT2D eigenvalue weighted by atomic mass is 16.7. The maximum absolute atomic E-state index is 13.9. The minimum Gasteiger partial charge on any atom is -0.490 e. The number of esters is 1. The van der Waals surface area contributed by atoms with E-state index in [-0.39, 0.29) is 42.3 Å². The van der Waals surface area contributed by atoms with Crippen molar-refractivity contribution in [2.24, 2.45) is 41.2 Å². The molecule has 0 bridgehead atoms. The summed E-state index contributed by atoms with van der Waals surface area (Å²) in [6.07, 6.45) is 2.20. The fourth-order valence-corrected chi connectivity index (χ4v) is 8.94. The summed E-state index contributed by atoms with van der Waals surface area (Å²) in [6, 6.07) is 0. The van der Waals surface area contributed by atoms with E-state index in [2.05, 4.69) is 0 Å². The smallest absolute Gasteiger partial charge is 0.404 e. The summed E-state index contributed by atoms with van der Waals surface area (Å²) in [7, 11) is 2.81. The summed E-state index contributed by atoms with van der Waals surface area (Å²) in [5.74, 6) is -6.00. The Hall–Kier alpha value is -3.12. The Bertz CT molecular complexity index is 1570. The molecule has 2 saturated heterocycles. The summed E-state index contributed by atoms with van der Waals surface area (Å²) < 4.78 is 41.4. The standard InChI is InChI=1S/C46H75NO14/c1-13-16-34-28(7)37(58-38-22-33(48)43(31(10)57-38)60-45(47)53)23-46(54,61-34)30(9)41(51)29(8)42-35(55-11)18-15-17-24(3)19-26(5)39(49)32(14-2)40(50)27(6)20-25(4)21-36(56-12)44(52)59-42/h13,15-18,20-21,26-35,37-43,48-51,54H,14,19,22-23H2,1-12H3,(H2,47,53)/b16-13+,18-15+,24-17+,25-20+,36-21-/t26-,27-,28-,29+,30+,31?,32+,33?,34-,35+,37-,38?,39+,40-,41-,42?,43?,46-/m1/s1. The Labute approximate surface area is 362 Å². The van der Waals surface area contributed by atoms with Crippen molar-refractivity contribution in [2.75, 3.05) is 14.2 Å². The molecule has 7 N–H and O–H groups in total. The fraction of sp³-hybridized carbons (Fsp3) is 0.739. The second-order valence-corrected chi connectivity index (χ2v) is 17.5. The van der Waals surface area contributed by atoms with Crippen LogP contribution in [-0.2, 0) is 38.0 Å². The van der Waals surface area contributed by atoms with E-state index in [0.29, 0.717) is 18.4 Å². The second kappa shape index (κ2) is 23.5. The lowest BCUT2D eigenvalue weighted by molar-refractivity contribution is -0.338. The molecule has 15 nitrogen and oxygen atoms in total. The number of aliphatic hydroxyl groups excluding tert-OH is 4. The van der Waals surface area contributed by atoms with Gasteiger partial charge < -0.3 is 64.4 Å². The maximum Gasteiger partial charge on any atom is 0.404 e. The number of allylic oxidation sites excluding steroid dienone is 6. The van der Waals surface area contributed by atoms with Crippen molar-refractivity contribution in [2.45, 2.75) is 168 Å². The van der Waals surface area contributed by atoms with Crippen LogP contribution in [0, 0.1) is 35.5 Å². The quantitative estimate of drug-likeness (QED) is 0.119. The highest BCUT2D eigenvalue weighted by Crippen LogP contribution is 2.42. The van der Waals surface area contributed by atoms with E-state index in [1.165, 1.54) is 20.3 Å². The van der Waals surface area contributed by atoms with Gasteiger partial charge in [0, 0.05) is 49.5 Å². The van der Waals surface area contributed by atoms with Gasteiger partial charge in [-0.05, 0) is 52.5 Å². The number of primary amides is 1. The largest absolute Gasteiger partial charge is 0.490 e. The molecule has 3 heterocycles. The van der Waals surface area contributed by atoms with Crippen LogP contribution in [0.4, 0.5) is 4.79 Å². The van der Waals surface area contributed by atoms with E-state index >= 15 is 0 Å². The third-order valence-electron chi connectivity index (χ3n) is 12.8. The van der Waals surface area contributed by atoms with Gasteiger partial charge in [-0.25, -0.2) is 9.59 Å². The van der Waals surface area contributed by atoms with Crippen molar-refractivity contribution in [3.63, 3.8) is 0 Å². The lowest BCUT2D eigenvalue weighted by atomic mass is 9.77. The molecular formula is C46H75NO14. The molecular weight excluding hydrogens is 790 g/mol. The first-order valence-corrected chi connectivity index (χ1v) is 21.7. The molecule has 0 aromatic heterocycles. The van der Waals surface area contributed by atoms with Crippen LogP contribution in [0.15, 0.2) is 59.4 Å². The Kier molecular flexibility index (Phi) is 20.1. The van der Waals surface area contributed by atoms with E-state index < -0.39 is 97.0 Å². The van der Waals surface area contributed by atoms with E-state index in [0.717, 1.165) is 5.57 Å². The van der Waals surface area contributed by atoms with E-state index in [4.69, 9.17) is 38.9 Å². The molecule has 0 aliphatic carbocycles. The van der Waals surface area contributed by atoms with Crippen LogP contribution >= 0.6 is 0 Å². The van der Waals surface area contributed by atoms with Crippen molar-refractivity contribution in [3.05, 3.63) is 59.4 Å². The fourth-order valence-electron chi connectivity index (χ4n) is 8.94. The molecule has 0 spiro atoms. The first-order chi connectivity index (χ1) is 28.6. The molecule has 1 amide bonds. The average Bonchev–Trinajstić information content (AvgIpc) is 3.19. The van der Waals surface area contributed by atoms with Gasteiger partial charge in [0.15, 0.2) is 18.2 Å². The van der Waals surface area contributed by atoms with Crippen molar-refractivity contribution >= 4 is 12.1 Å². The third kappa shape index (κ3) is 13.7. The molecule has 3 aliphatic heterocycles. The summed E-state index contributed by atoms with van der Waals surface area (Å²) in [4.78, 5) is 25.4. The molecule has 2 fully saturated rings. The minimum absolute atomic E-state index is 0.0313. The Balaban J connectivity index is 2.00. The molecule has 0 saturated carbocycles. The van der Waals surface area contributed by atoms with Crippen LogP contribution < -0.4 is 5.73 Å². The van der Waals surface area contributed by atoms with Crippen LogP contribution in [0.2, 0.25) is 0 Å². The summed E-state index contributed by atoms with van der Waals surface area (Å²) >= 11 is 0. The number of carbonyl (C=O) groups is 2. The molecule has 5 unspecified atom stereocenters. The van der Waals surface area contributed by atoms with Crippen LogP contribution in [-0.4, -0.2) is 125 Å². The van der Waals surface area contributed by atoms with Gasteiger partial charge in [-0.3, -0.25) is 0 Å². The summed E-state index contributed by atoms with van der Waals surface area (Å²) in [5, 5.41) is 58.0. The molecule has 15 heteroatoms. The SMILES string of the molecule is C/C=C/[C@H]1O[C@@](O)([C@@H](C)[C@H](O)[C@H](C)C2OC(=O)/C(OC)=C/C(C)=C/[C@@H](C)[C@@H](O)[C@@H](CC)[C@@H](O)[C@H](C)C/C(C)=C/C=C/[C@@H]2OC)C[C@@H](OC2CC(O)C(OC(N)=O)C(C)O2)[C@@H]1C. The van der Waals surface area contributed by atoms with E-state index in [1.807, 2.05) is 53.7 Å². The van der Waals surface area contributed by atoms with Gasteiger partial charge in [0.05, 0.1) is 49.8 Å². The topological polar surface area (TPSA) is 226 Å². The van der Waals surface area contributed by atoms with Crippen molar-refractivity contribution in [1.82, 2.24) is 0 Å². The van der Waals surface area contributed by atoms with Gasteiger partial charge in [-0.1, -0.05) is 89.1 Å². The molecule has 3 aliphatic rings. The van der Waals surface area contributed by atoms with Crippen molar-refractivity contribution < 1.29 is 68.3 Å². The molecule has 18 atom stereocenters. The Morgan fingerprint density at radius 2 is 1.77 bits per heavy atom. The first kappa shape index (κ1) is 52.2. The number of hydrogen-bond acceptors (Lipinski definition) is 14. The molecule has 0 aromatic rings. The number of hydrogen-bond donors (Lipinski definition) is 6. The summed E-state index contributed by atoms with van der Waals surface area (Å²) in [5.41, 5.74) is 6.78. The molecule has 348 valence electrons. The van der Waals surface area contributed by atoms with Gasteiger partial charge in [-0.2, -0.15) is 0 Å². The van der Waals surface area contributed by atoms with Crippen LogP contribution in [0.5, 0.6) is 0 Å². The highest BCUT2D eigenvalue weighted by Gasteiger charge is 2.52. The maximum atomic E-state index is 13.9. The predicted molar refractivity (Wildman–Crippen MR) is 228 cm³/mol. The van der Waals surface area contributed by atoms with Crippen LogP contribution in [0.3, 0.4) is 0 Å². The highest BCUT2D eigenvalue weighted by molar-refractivity contribution is 5.87. The van der Waals surface area contributed by atoms with Gasteiger partial charge in [0.25, 0.3) is 0 Å². The Morgan fingerprint density at radius 1 is 1.10 bits per heavy atom. The van der Waals surface area contributed by atoms with Gasteiger partial charge in [-0.15, -0.1) is 0 Å². The zero-order valence-corrected chi connectivity index (χ0v) is 38.2. The molecule has 0 aromatic carbocycles. The van der Waals surface area contributed by atoms with E-state index in [9.17, 15) is 35.1 Å². The molecule has 3 rings (SSSR count). The zero-order valence-electron chi connectivity index (χ0n) is 38.2. The van der Waals surface area contributed by atoms with Crippen molar-refractivity contribution in [1.29, 1.82) is 0 Å². The number of carbonyl (C=O) groups excluding carboxylic acids is 2. The second-order valence-electron chi connectivity index (χ2n) is 17.5. The Morgan fingerprint density at radius 3 is 2.34 bits per heavy atom. The van der Waals surface area contributed by atoms with Crippen molar-refractivity contribution in [3.8, 4) is 0 Å². The zero-order chi connectivity index (χ0) is 45.9. The predicted octanol–water partition coefficient (Wildman–Crippen LogP) is 4.98. The number of amides is 1. The number of rotatable bonds is 11. The normalized spacial score (nSPS) is 42.2. The lowest BCUT2D eigenvalue weighted by Crippen LogP contribution is -2.59. The monoisotopic (exact) mass is 866 g/mol. The minimum atomic E-state index is -1.97. The van der Waals surface area contributed by atoms with Gasteiger partial charge >= 0.3 is 12.1 Å². The number of aliphatic hydroxyl groups is 5. The molecule has 0 radical (unpaired) electrons. The average molecular weight is 866 g/mol. The number of ether oxygens (including phenoxy) is 7. The van der Waals surface area contributed by atoms with Crippen LogP contribution in [0.1, 0.15) is 94.9 Å². The molecule has 61 heavy (non-hydrogen) atoms. The first-order valence-electron chi connectivity index (χ1n) is 21.7. The van der Waals surface area contributed by atoms with E-state index in [1.54, 1.807) is 52.0 Å². The third-order valence-corrected chi connectivity index (χ3v) is 12.8. The van der Waals surface area contributed by atoms with Gasteiger partial charge in [0.2, 0.25) is 5.76 Å². The summed E-state index contributed by atoms with van der Waals surface area (Å²) in [6.45, 7) is 18.2. The number of cyclic esters (lactones) is 1. The van der Waals surface area contributed by atoms with Gasteiger partial charge in [0.1, 0.15) is 12.2 Å². The van der Waals surface area contributed by atoms with Crippen LogP contribution in [0.25, 0.3) is 0 Å². The number of methoxy groups -OCH3 is 2. The lowest BCUT2D eigenvalue weighted by Gasteiger charge is -2.49.